The Morgan fingerprint density at radius 1 is 1.32 bits per heavy atom. The lowest BCUT2D eigenvalue weighted by Crippen LogP contribution is -2.61. The third-order valence-electron chi connectivity index (χ3n) is 5.23. The van der Waals surface area contributed by atoms with E-state index in [1.54, 1.807) is 6.20 Å². The van der Waals surface area contributed by atoms with Crippen molar-refractivity contribution in [3.8, 4) is 0 Å². The van der Waals surface area contributed by atoms with Gasteiger partial charge in [0.1, 0.15) is 6.04 Å². The molecule has 0 radical (unpaired) electrons. The number of morpholine rings is 1. The molecule has 1 unspecified atom stereocenters. The Morgan fingerprint density at radius 3 is 2.86 bits per heavy atom. The monoisotopic (exact) mass is 305 g/mol. The number of hydrogen-bond acceptors (Lipinski definition) is 5. The molecule has 120 valence electrons. The number of rotatable bonds is 4. The summed E-state index contributed by atoms with van der Waals surface area (Å²) in [4.78, 5) is 17.0. The second-order valence-corrected chi connectivity index (χ2v) is 6.66. The van der Waals surface area contributed by atoms with E-state index < -0.39 is 0 Å². The van der Waals surface area contributed by atoms with Gasteiger partial charge in [0.15, 0.2) is 0 Å². The number of carbonyl (C=O) groups excluding carboxylic acids is 1. The second-order valence-electron chi connectivity index (χ2n) is 6.66. The molecule has 3 aliphatic rings. The van der Waals surface area contributed by atoms with Gasteiger partial charge in [0.05, 0.1) is 25.5 Å². The van der Waals surface area contributed by atoms with Gasteiger partial charge >= 0.3 is 0 Å². The standard InChI is InChI=1S/C15H23N5O2/c21-15(19-9-13(10-19)20-5-4-16-17-20)14-11-22-7-6-18(14)8-12-2-1-3-12/h4-5,12-14H,1-3,6-11H2. The molecule has 2 aliphatic heterocycles. The van der Waals surface area contributed by atoms with Gasteiger partial charge in [-0.05, 0) is 18.8 Å². The first-order valence-electron chi connectivity index (χ1n) is 8.27. The topological polar surface area (TPSA) is 63.5 Å². The zero-order valence-electron chi connectivity index (χ0n) is 12.8. The van der Waals surface area contributed by atoms with E-state index in [0.29, 0.717) is 6.61 Å². The molecule has 0 bridgehead atoms. The van der Waals surface area contributed by atoms with E-state index in [4.69, 9.17) is 4.74 Å². The molecule has 1 saturated carbocycles. The minimum absolute atomic E-state index is 0.0916. The minimum atomic E-state index is -0.0916. The van der Waals surface area contributed by atoms with Crippen LogP contribution in [-0.2, 0) is 9.53 Å². The first-order valence-corrected chi connectivity index (χ1v) is 8.27. The highest BCUT2D eigenvalue weighted by molar-refractivity contribution is 5.83. The van der Waals surface area contributed by atoms with Crippen molar-refractivity contribution in [3.63, 3.8) is 0 Å². The Labute approximate surface area is 130 Å². The fourth-order valence-corrected chi connectivity index (χ4v) is 3.52. The van der Waals surface area contributed by atoms with Crippen LogP contribution in [0, 0.1) is 5.92 Å². The summed E-state index contributed by atoms with van der Waals surface area (Å²) in [6.07, 6.45) is 7.52. The van der Waals surface area contributed by atoms with Gasteiger partial charge in [0, 0.05) is 32.4 Å². The van der Waals surface area contributed by atoms with E-state index in [1.165, 1.54) is 19.3 Å². The summed E-state index contributed by atoms with van der Waals surface area (Å²) >= 11 is 0. The number of ether oxygens (including phenoxy) is 1. The quantitative estimate of drug-likeness (QED) is 0.793. The van der Waals surface area contributed by atoms with Crippen molar-refractivity contribution in [2.45, 2.75) is 31.3 Å². The normalized spacial score (nSPS) is 27.5. The molecule has 7 heteroatoms. The highest BCUT2D eigenvalue weighted by Gasteiger charge is 2.40. The Bertz CT molecular complexity index is 510. The van der Waals surface area contributed by atoms with Gasteiger partial charge in [0.25, 0.3) is 0 Å². The maximum atomic E-state index is 12.8. The van der Waals surface area contributed by atoms with Gasteiger partial charge in [0.2, 0.25) is 5.91 Å². The van der Waals surface area contributed by atoms with Crippen molar-refractivity contribution in [2.24, 2.45) is 5.92 Å². The molecule has 1 aliphatic carbocycles. The molecule has 7 nitrogen and oxygen atoms in total. The summed E-state index contributed by atoms with van der Waals surface area (Å²) in [6, 6.07) is 0.182. The summed E-state index contributed by atoms with van der Waals surface area (Å²) < 4.78 is 7.41. The van der Waals surface area contributed by atoms with Crippen molar-refractivity contribution in [1.82, 2.24) is 24.8 Å². The number of amides is 1. The average Bonchev–Trinajstić information content (AvgIpc) is 2.95. The maximum absolute atomic E-state index is 12.8. The van der Waals surface area contributed by atoms with Crippen LogP contribution >= 0.6 is 0 Å². The summed E-state index contributed by atoms with van der Waals surface area (Å²) in [5, 5.41) is 7.84. The summed E-state index contributed by atoms with van der Waals surface area (Å²) in [5.74, 6) is 1.00. The largest absolute Gasteiger partial charge is 0.378 e. The van der Waals surface area contributed by atoms with E-state index >= 15 is 0 Å². The zero-order chi connectivity index (χ0) is 14.9. The Balaban J connectivity index is 1.34. The lowest BCUT2D eigenvalue weighted by atomic mass is 9.84. The van der Waals surface area contributed by atoms with E-state index in [9.17, 15) is 4.79 Å². The van der Waals surface area contributed by atoms with Crippen LogP contribution in [0.1, 0.15) is 25.3 Å². The molecule has 3 fully saturated rings. The summed E-state index contributed by atoms with van der Waals surface area (Å²) in [7, 11) is 0. The Kier molecular flexibility index (Phi) is 3.83. The van der Waals surface area contributed by atoms with Crippen LogP contribution in [0.15, 0.2) is 12.4 Å². The lowest BCUT2D eigenvalue weighted by Gasteiger charge is -2.45. The molecule has 1 aromatic heterocycles. The van der Waals surface area contributed by atoms with Crippen LogP contribution in [0.25, 0.3) is 0 Å². The van der Waals surface area contributed by atoms with Crippen LogP contribution in [0.2, 0.25) is 0 Å². The Morgan fingerprint density at radius 2 is 2.18 bits per heavy atom. The van der Waals surface area contributed by atoms with Crippen LogP contribution < -0.4 is 0 Å². The minimum Gasteiger partial charge on any atom is -0.378 e. The van der Waals surface area contributed by atoms with Gasteiger partial charge < -0.3 is 9.64 Å². The molecule has 1 aromatic rings. The van der Waals surface area contributed by atoms with Gasteiger partial charge in [-0.1, -0.05) is 11.6 Å². The average molecular weight is 305 g/mol. The van der Waals surface area contributed by atoms with Gasteiger partial charge in [-0.25, -0.2) is 4.68 Å². The first-order chi connectivity index (χ1) is 10.8. The van der Waals surface area contributed by atoms with Crippen LogP contribution in [0.3, 0.4) is 0 Å². The molecule has 4 rings (SSSR count). The predicted octanol–water partition coefficient (Wildman–Crippen LogP) is 0.162. The Hall–Kier alpha value is -1.47. The van der Waals surface area contributed by atoms with Crippen molar-refractivity contribution in [1.29, 1.82) is 0 Å². The van der Waals surface area contributed by atoms with Crippen LogP contribution in [0.5, 0.6) is 0 Å². The predicted molar refractivity (Wildman–Crippen MR) is 79.2 cm³/mol. The van der Waals surface area contributed by atoms with Gasteiger partial charge in [-0.3, -0.25) is 9.69 Å². The van der Waals surface area contributed by atoms with Gasteiger partial charge in [-0.15, -0.1) is 5.10 Å². The highest BCUT2D eigenvalue weighted by Crippen LogP contribution is 2.29. The fourth-order valence-electron chi connectivity index (χ4n) is 3.52. The van der Waals surface area contributed by atoms with Crippen LogP contribution in [0.4, 0.5) is 0 Å². The fraction of sp³-hybridized carbons (Fsp3) is 0.800. The second kappa shape index (κ2) is 5.96. The molecular weight excluding hydrogens is 282 g/mol. The zero-order valence-corrected chi connectivity index (χ0v) is 12.8. The van der Waals surface area contributed by atoms with Crippen molar-refractivity contribution in [2.75, 3.05) is 39.4 Å². The summed E-state index contributed by atoms with van der Waals surface area (Å²) in [5.41, 5.74) is 0. The maximum Gasteiger partial charge on any atom is 0.242 e. The molecule has 0 aromatic carbocycles. The number of likely N-dealkylation sites (tertiary alicyclic amines) is 1. The molecular formula is C15H23N5O2. The van der Waals surface area contributed by atoms with Crippen molar-refractivity contribution in [3.05, 3.63) is 12.4 Å². The van der Waals surface area contributed by atoms with E-state index in [1.807, 2.05) is 15.8 Å². The SMILES string of the molecule is O=C(C1COCCN1CC1CCC1)N1CC(n2ccnn2)C1. The first kappa shape index (κ1) is 14.1. The third kappa shape index (κ3) is 2.63. The number of nitrogens with zero attached hydrogens (tertiary/aromatic N) is 5. The molecule has 3 heterocycles. The molecule has 1 atom stereocenters. The number of carbonyl (C=O) groups is 1. The molecule has 2 saturated heterocycles. The molecule has 0 N–H and O–H groups in total. The van der Waals surface area contributed by atoms with Gasteiger partial charge in [-0.2, -0.15) is 0 Å². The third-order valence-corrected chi connectivity index (χ3v) is 5.23. The summed E-state index contributed by atoms with van der Waals surface area (Å²) in [6.45, 7) is 4.69. The smallest absolute Gasteiger partial charge is 0.242 e. The molecule has 0 spiro atoms. The number of aromatic nitrogens is 3. The molecule has 1 amide bonds. The van der Waals surface area contributed by atoms with Crippen LogP contribution in [-0.4, -0.2) is 76.1 Å². The van der Waals surface area contributed by atoms with E-state index in [2.05, 4.69) is 15.2 Å². The lowest BCUT2D eigenvalue weighted by molar-refractivity contribution is -0.150. The van der Waals surface area contributed by atoms with E-state index in [-0.39, 0.29) is 18.0 Å². The number of hydrogen-bond donors (Lipinski definition) is 0. The van der Waals surface area contributed by atoms with E-state index in [0.717, 1.165) is 38.7 Å². The molecule has 22 heavy (non-hydrogen) atoms. The van der Waals surface area contributed by atoms with Crippen molar-refractivity contribution >= 4 is 5.91 Å². The highest BCUT2D eigenvalue weighted by atomic mass is 16.5. The van der Waals surface area contributed by atoms with Crippen molar-refractivity contribution < 1.29 is 9.53 Å².